The van der Waals surface area contributed by atoms with Crippen LogP contribution in [-0.4, -0.2) is 22.1 Å². The first-order valence-corrected chi connectivity index (χ1v) is 7.52. The third kappa shape index (κ3) is 2.84. The standard InChI is InChI=1S/C17H20N2O2/c1-11-5-4-6-12(9-11)19-16-13-7-2-3-8-15(13)18-10-14(16)17(20)21/h2-3,7-8,10-12H,4-6,9H2,1H3,(H,18,19)(H,20,21). The van der Waals surface area contributed by atoms with Crippen LogP contribution in [0.2, 0.25) is 0 Å². The third-order valence-electron chi connectivity index (χ3n) is 4.29. The number of carboxylic acids is 1. The van der Waals surface area contributed by atoms with Gasteiger partial charge in [0.1, 0.15) is 5.56 Å². The number of aromatic nitrogens is 1. The Hall–Kier alpha value is -2.10. The Balaban J connectivity index is 2.01. The lowest BCUT2D eigenvalue weighted by Crippen LogP contribution is -2.27. The van der Waals surface area contributed by atoms with Crippen molar-refractivity contribution in [3.63, 3.8) is 0 Å². The molecule has 110 valence electrons. The van der Waals surface area contributed by atoms with Crippen LogP contribution in [0.15, 0.2) is 30.5 Å². The molecule has 21 heavy (non-hydrogen) atoms. The molecule has 1 aromatic carbocycles. The molecule has 2 aromatic rings. The number of aromatic carboxylic acids is 1. The molecular formula is C17H20N2O2. The van der Waals surface area contributed by atoms with Crippen molar-refractivity contribution >= 4 is 22.6 Å². The van der Waals surface area contributed by atoms with Gasteiger partial charge in [-0.05, 0) is 24.8 Å². The minimum absolute atomic E-state index is 0.256. The van der Waals surface area contributed by atoms with Crippen molar-refractivity contribution in [2.24, 2.45) is 5.92 Å². The number of carboxylic acid groups (broad SMARTS) is 1. The van der Waals surface area contributed by atoms with Gasteiger partial charge in [0.25, 0.3) is 0 Å². The van der Waals surface area contributed by atoms with Crippen LogP contribution in [0.4, 0.5) is 5.69 Å². The number of nitrogens with one attached hydrogen (secondary N) is 1. The molecule has 1 aromatic heterocycles. The highest BCUT2D eigenvalue weighted by molar-refractivity contribution is 6.04. The van der Waals surface area contributed by atoms with Gasteiger partial charge in [-0.3, -0.25) is 4.98 Å². The second kappa shape index (κ2) is 5.72. The highest BCUT2D eigenvalue weighted by Gasteiger charge is 2.22. The summed E-state index contributed by atoms with van der Waals surface area (Å²) in [6.07, 6.45) is 6.11. The number of para-hydroxylation sites is 1. The summed E-state index contributed by atoms with van der Waals surface area (Å²) in [5.41, 5.74) is 1.80. The highest BCUT2D eigenvalue weighted by atomic mass is 16.4. The Morgan fingerprint density at radius 3 is 2.90 bits per heavy atom. The van der Waals surface area contributed by atoms with Gasteiger partial charge in [-0.2, -0.15) is 0 Å². The van der Waals surface area contributed by atoms with Crippen LogP contribution >= 0.6 is 0 Å². The van der Waals surface area contributed by atoms with E-state index in [9.17, 15) is 9.90 Å². The number of anilines is 1. The van der Waals surface area contributed by atoms with E-state index in [4.69, 9.17) is 0 Å². The lowest BCUT2D eigenvalue weighted by Gasteiger charge is -2.29. The summed E-state index contributed by atoms with van der Waals surface area (Å²) in [7, 11) is 0. The van der Waals surface area contributed by atoms with Crippen LogP contribution in [0.25, 0.3) is 10.9 Å². The van der Waals surface area contributed by atoms with Crippen molar-refractivity contribution in [1.29, 1.82) is 0 Å². The third-order valence-corrected chi connectivity index (χ3v) is 4.29. The molecule has 1 fully saturated rings. The molecule has 1 aliphatic rings. The highest BCUT2D eigenvalue weighted by Crippen LogP contribution is 2.31. The first-order chi connectivity index (χ1) is 10.1. The Labute approximate surface area is 124 Å². The summed E-state index contributed by atoms with van der Waals surface area (Å²) in [6, 6.07) is 8.03. The molecule has 1 aliphatic carbocycles. The van der Waals surface area contributed by atoms with Crippen molar-refractivity contribution < 1.29 is 9.90 Å². The summed E-state index contributed by atoms with van der Waals surface area (Å²) < 4.78 is 0. The Bertz CT molecular complexity index is 669. The number of fused-ring (bicyclic) bond motifs is 1. The number of nitrogens with zero attached hydrogens (tertiary/aromatic N) is 1. The molecule has 2 atom stereocenters. The molecule has 0 spiro atoms. The maximum absolute atomic E-state index is 11.5. The number of carbonyl (C=O) groups is 1. The average molecular weight is 284 g/mol. The molecule has 1 saturated carbocycles. The van der Waals surface area contributed by atoms with E-state index in [1.807, 2.05) is 24.3 Å². The van der Waals surface area contributed by atoms with E-state index in [0.29, 0.717) is 17.6 Å². The molecule has 0 radical (unpaired) electrons. The van der Waals surface area contributed by atoms with Crippen LogP contribution in [0.3, 0.4) is 0 Å². The molecule has 0 amide bonds. The van der Waals surface area contributed by atoms with Gasteiger partial charge in [0.15, 0.2) is 0 Å². The Morgan fingerprint density at radius 1 is 1.33 bits per heavy atom. The first kappa shape index (κ1) is 13.9. The van der Waals surface area contributed by atoms with E-state index >= 15 is 0 Å². The van der Waals surface area contributed by atoms with Crippen molar-refractivity contribution in [3.8, 4) is 0 Å². The monoisotopic (exact) mass is 284 g/mol. The molecule has 0 bridgehead atoms. The molecule has 4 nitrogen and oxygen atoms in total. The van der Waals surface area contributed by atoms with Crippen LogP contribution < -0.4 is 5.32 Å². The molecule has 0 aliphatic heterocycles. The minimum Gasteiger partial charge on any atom is -0.478 e. The van der Waals surface area contributed by atoms with E-state index in [-0.39, 0.29) is 5.56 Å². The summed E-state index contributed by atoms with van der Waals surface area (Å²) in [5.74, 6) is -0.239. The molecule has 0 saturated heterocycles. The lowest BCUT2D eigenvalue weighted by molar-refractivity contribution is 0.0697. The van der Waals surface area contributed by atoms with Gasteiger partial charge in [0.05, 0.1) is 11.2 Å². The van der Waals surface area contributed by atoms with Crippen LogP contribution in [0.1, 0.15) is 43.0 Å². The summed E-state index contributed by atoms with van der Waals surface area (Å²) in [6.45, 7) is 2.26. The largest absolute Gasteiger partial charge is 0.478 e. The second-order valence-corrected chi connectivity index (χ2v) is 5.98. The van der Waals surface area contributed by atoms with Crippen molar-refractivity contribution in [2.75, 3.05) is 5.32 Å². The van der Waals surface area contributed by atoms with E-state index in [2.05, 4.69) is 17.2 Å². The van der Waals surface area contributed by atoms with E-state index in [1.54, 1.807) is 0 Å². The SMILES string of the molecule is CC1CCCC(Nc2c(C(=O)O)cnc3ccccc23)C1. The fraction of sp³-hybridized carbons (Fsp3) is 0.412. The maximum Gasteiger partial charge on any atom is 0.339 e. The second-order valence-electron chi connectivity index (χ2n) is 5.98. The van der Waals surface area contributed by atoms with E-state index < -0.39 is 5.97 Å². The molecule has 2 N–H and O–H groups in total. The summed E-state index contributed by atoms with van der Waals surface area (Å²) >= 11 is 0. The van der Waals surface area contributed by atoms with E-state index in [1.165, 1.54) is 19.0 Å². The predicted molar refractivity (Wildman–Crippen MR) is 83.7 cm³/mol. The minimum atomic E-state index is -0.931. The summed E-state index contributed by atoms with van der Waals surface area (Å²) in [4.78, 5) is 15.7. The van der Waals surface area contributed by atoms with Gasteiger partial charge in [-0.15, -0.1) is 0 Å². The van der Waals surface area contributed by atoms with Gasteiger partial charge in [-0.1, -0.05) is 38.0 Å². The summed E-state index contributed by atoms with van der Waals surface area (Å²) in [5, 5.41) is 13.8. The van der Waals surface area contributed by atoms with Crippen LogP contribution in [0.5, 0.6) is 0 Å². The number of hydrogen-bond donors (Lipinski definition) is 2. The fourth-order valence-corrected chi connectivity index (χ4v) is 3.23. The van der Waals surface area contributed by atoms with E-state index in [0.717, 1.165) is 23.7 Å². The first-order valence-electron chi connectivity index (χ1n) is 7.52. The topological polar surface area (TPSA) is 62.2 Å². The molecular weight excluding hydrogens is 264 g/mol. The van der Waals surface area contributed by atoms with Gasteiger partial charge < -0.3 is 10.4 Å². The lowest BCUT2D eigenvalue weighted by atomic mass is 9.87. The molecule has 2 unspecified atom stereocenters. The smallest absolute Gasteiger partial charge is 0.339 e. The number of pyridine rings is 1. The van der Waals surface area contributed by atoms with Gasteiger partial charge >= 0.3 is 5.97 Å². The van der Waals surface area contributed by atoms with Crippen molar-refractivity contribution in [1.82, 2.24) is 4.98 Å². The Morgan fingerprint density at radius 2 is 2.14 bits per heavy atom. The zero-order valence-corrected chi connectivity index (χ0v) is 12.2. The van der Waals surface area contributed by atoms with Gasteiger partial charge in [-0.25, -0.2) is 4.79 Å². The number of rotatable bonds is 3. The number of hydrogen-bond acceptors (Lipinski definition) is 3. The van der Waals surface area contributed by atoms with Crippen LogP contribution in [-0.2, 0) is 0 Å². The zero-order chi connectivity index (χ0) is 14.8. The fourth-order valence-electron chi connectivity index (χ4n) is 3.23. The Kier molecular flexibility index (Phi) is 3.78. The van der Waals surface area contributed by atoms with Crippen molar-refractivity contribution in [3.05, 3.63) is 36.0 Å². The molecule has 1 heterocycles. The average Bonchev–Trinajstić information content (AvgIpc) is 2.47. The quantitative estimate of drug-likeness (QED) is 0.896. The van der Waals surface area contributed by atoms with Gasteiger partial charge in [0, 0.05) is 17.6 Å². The molecule has 3 rings (SSSR count). The maximum atomic E-state index is 11.5. The normalized spacial score (nSPS) is 22.1. The van der Waals surface area contributed by atoms with Crippen LogP contribution in [0, 0.1) is 5.92 Å². The molecule has 4 heteroatoms. The zero-order valence-electron chi connectivity index (χ0n) is 12.2. The number of benzene rings is 1. The van der Waals surface area contributed by atoms with Crippen molar-refractivity contribution in [2.45, 2.75) is 38.6 Å². The van der Waals surface area contributed by atoms with Gasteiger partial charge in [0.2, 0.25) is 0 Å². The predicted octanol–water partition coefficient (Wildman–Crippen LogP) is 3.92.